The van der Waals surface area contributed by atoms with Crippen LogP contribution in [0.15, 0.2) is 42.6 Å². The fraction of sp³-hybridized carbons (Fsp3) is 0.0769. The maximum atomic E-state index is 5.82. The predicted octanol–water partition coefficient (Wildman–Crippen LogP) is 3.83. The molecule has 1 aromatic heterocycles. The number of rotatable bonds is 2. The van der Waals surface area contributed by atoms with E-state index in [1.807, 2.05) is 43.3 Å². The molecule has 0 aliphatic heterocycles. The number of aryl methyl sites for hydroxylation is 1. The Morgan fingerprint density at radius 2 is 1.94 bits per heavy atom. The average molecular weight is 263 g/mol. The molecule has 0 bridgehead atoms. The van der Waals surface area contributed by atoms with E-state index in [4.69, 9.17) is 23.8 Å². The second-order valence-corrected chi connectivity index (χ2v) is 4.47. The van der Waals surface area contributed by atoms with Gasteiger partial charge < -0.3 is 5.32 Å². The maximum Gasteiger partial charge on any atom is 0.129 e. The van der Waals surface area contributed by atoms with Gasteiger partial charge in [0.2, 0.25) is 0 Å². The number of nitrogens with zero attached hydrogens (tertiary/aromatic N) is 1. The Kier molecular flexibility index (Phi) is 3.71. The van der Waals surface area contributed by atoms with E-state index in [0.717, 1.165) is 16.9 Å². The molecule has 1 aromatic carbocycles. The van der Waals surface area contributed by atoms with Crippen LogP contribution in [-0.2, 0) is 0 Å². The lowest BCUT2D eigenvalue weighted by molar-refractivity contribution is 1.24. The van der Waals surface area contributed by atoms with E-state index in [0.29, 0.717) is 10.0 Å². The van der Waals surface area contributed by atoms with Crippen LogP contribution in [0.2, 0.25) is 5.02 Å². The molecule has 0 unspecified atom stereocenters. The second kappa shape index (κ2) is 5.25. The van der Waals surface area contributed by atoms with E-state index in [-0.39, 0.29) is 0 Å². The average Bonchev–Trinajstić information content (AvgIpc) is 2.32. The molecule has 0 atom stereocenters. The molecule has 0 radical (unpaired) electrons. The fourth-order valence-corrected chi connectivity index (χ4v) is 1.90. The Morgan fingerprint density at radius 3 is 2.59 bits per heavy atom. The summed E-state index contributed by atoms with van der Waals surface area (Å²) in [4.78, 5) is 4.88. The molecule has 0 amide bonds. The van der Waals surface area contributed by atoms with Gasteiger partial charge in [0, 0.05) is 16.9 Å². The smallest absolute Gasteiger partial charge is 0.129 e. The summed E-state index contributed by atoms with van der Waals surface area (Å²) in [5.41, 5.74) is 2.76. The molecule has 2 nitrogen and oxygen atoms in total. The fourth-order valence-electron chi connectivity index (χ4n) is 1.45. The standard InChI is InChI=1S/C13H11ClN2S/c1-9-3-2-8-15-12(9)13(17)16-11-6-4-10(14)5-7-11/h2-8H,1H3,(H,16,17). The van der Waals surface area contributed by atoms with Gasteiger partial charge in [0.15, 0.2) is 0 Å². The van der Waals surface area contributed by atoms with E-state index in [1.54, 1.807) is 6.20 Å². The minimum Gasteiger partial charge on any atom is -0.345 e. The van der Waals surface area contributed by atoms with Crippen molar-refractivity contribution in [2.75, 3.05) is 5.32 Å². The van der Waals surface area contributed by atoms with Crippen LogP contribution in [0.5, 0.6) is 0 Å². The lowest BCUT2D eigenvalue weighted by atomic mass is 10.2. The molecule has 2 rings (SSSR count). The summed E-state index contributed by atoms with van der Waals surface area (Å²) in [7, 11) is 0. The highest BCUT2D eigenvalue weighted by Crippen LogP contribution is 2.15. The van der Waals surface area contributed by atoms with Crippen molar-refractivity contribution in [2.45, 2.75) is 6.92 Å². The van der Waals surface area contributed by atoms with Gasteiger partial charge in [-0.2, -0.15) is 0 Å². The number of pyridine rings is 1. The molecule has 1 heterocycles. The lowest BCUT2D eigenvalue weighted by Gasteiger charge is -2.09. The highest BCUT2D eigenvalue weighted by molar-refractivity contribution is 7.81. The predicted molar refractivity (Wildman–Crippen MR) is 75.7 cm³/mol. The summed E-state index contributed by atoms with van der Waals surface area (Å²) in [6, 6.07) is 11.3. The summed E-state index contributed by atoms with van der Waals surface area (Å²) in [6.07, 6.45) is 1.73. The van der Waals surface area contributed by atoms with E-state index >= 15 is 0 Å². The number of hydrogen-bond donors (Lipinski definition) is 1. The van der Waals surface area contributed by atoms with Crippen LogP contribution in [0.3, 0.4) is 0 Å². The maximum absolute atomic E-state index is 5.82. The van der Waals surface area contributed by atoms with Gasteiger partial charge >= 0.3 is 0 Å². The number of benzene rings is 1. The van der Waals surface area contributed by atoms with Crippen molar-refractivity contribution >= 4 is 34.5 Å². The Morgan fingerprint density at radius 1 is 1.24 bits per heavy atom. The van der Waals surface area contributed by atoms with Crippen LogP contribution in [0, 0.1) is 6.92 Å². The van der Waals surface area contributed by atoms with Crippen molar-refractivity contribution in [3.63, 3.8) is 0 Å². The largest absolute Gasteiger partial charge is 0.345 e. The van der Waals surface area contributed by atoms with Crippen LogP contribution in [-0.4, -0.2) is 9.97 Å². The third kappa shape index (κ3) is 3.02. The van der Waals surface area contributed by atoms with Gasteiger partial charge in [0.05, 0.1) is 0 Å². The van der Waals surface area contributed by atoms with Crippen molar-refractivity contribution in [3.8, 4) is 0 Å². The number of hydrogen-bond acceptors (Lipinski definition) is 2. The molecule has 2 aromatic rings. The quantitative estimate of drug-likeness (QED) is 0.833. The minimum atomic E-state index is 0.616. The number of nitrogens with one attached hydrogen (secondary N) is 1. The molecule has 0 saturated carbocycles. The normalized spacial score (nSPS) is 10.0. The van der Waals surface area contributed by atoms with Crippen LogP contribution < -0.4 is 5.32 Å². The number of anilines is 1. The van der Waals surface area contributed by atoms with Gasteiger partial charge in [-0.15, -0.1) is 0 Å². The van der Waals surface area contributed by atoms with Gasteiger partial charge in [-0.3, -0.25) is 4.98 Å². The summed E-state index contributed by atoms with van der Waals surface area (Å²) in [5, 5.41) is 3.84. The molecule has 0 fully saturated rings. The van der Waals surface area contributed by atoms with Gasteiger partial charge in [-0.25, -0.2) is 0 Å². The van der Waals surface area contributed by atoms with Crippen molar-refractivity contribution in [2.24, 2.45) is 0 Å². The topological polar surface area (TPSA) is 24.9 Å². The zero-order valence-electron chi connectivity index (χ0n) is 9.27. The first-order valence-corrected chi connectivity index (χ1v) is 5.94. The van der Waals surface area contributed by atoms with E-state index < -0.39 is 0 Å². The number of thiocarbonyl (C=S) groups is 1. The Bertz CT molecular complexity index is 537. The molecule has 0 aliphatic rings. The van der Waals surface area contributed by atoms with Gasteiger partial charge in [-0.1, -0.05) is 29.9 Å². The van der Waals surface area contributed by atoms with Crippen LogP contribution >= 0.6 is 23.8 Å². The van der Waals surface area contributed by atoms with E-state index in [9.17, 15) is 0 Å². The first-order chi connectivity index (χ1) is 8.16. The molecule has 0 spiro atoms. The van der Waals surface area contributed by atoms with Crippen LogP contribution in [0.25, 0.3) is 0 Å². The molecule has 4 heteroatoms. The highest BCUT2D eigenvalue weighted by atomic mass is 35.5. The van der Waals surface area contributed by atoms with Crippen LogP contribution in [0.1, 0.15) is 11.3 Å². The molecular weight excluding hydrogens is 252 g/mol. The van der Waals surface area contributed by atoms with Gasteiger partial charge in [0.25, 0.3) is 0 Å². The number of halogens is 1. The second-order valence-electron chi connectivity index (χ2n) is 3.63. The third-order valence-corrected chi connectivity index (χ3v) is 2.87. The molecule has 0 saturated heterocycles. The monoisotopic (exact) mass is 262 g/mol. The first-order valence-electron chi connectivity index (χ1n) is 5.15. The number of aromatic nitrogens is 1. The van der Waals surface area contributed by atoms with Crippen molar-refractivity contribution in [1.29, 1.82) is 0 Å². The Balaban J connectivity index is 2.17. The molecule has 0 aliphatic carbocycles. The van der Waals surface area contributed by atoms with Crippen molar-refractivity contribution < 1.29 is 0 Å². The van der Waals surface area contributed by atoms with Crippen molar-refractivity contribution in [1.82, 2.24) is 4.98 Å². The van der Waals surface area contributed by atoms with E-state index in [2.05, 4.69) is 10.3 Å². The summed E-state index contributed by atoms with van der Waals surface area (Å²) < 4.78 is 0. The minimum absolute atomic E-state index is 0.616. The molecule has 86 valence electrons. The Labute approximate surface area is 111 Å². The van der Waals surface area contributed by atoms with Crippen LogP contribution in [0.4, 0.5) is 5.69 Å². The zero-order chi connectivity index (χ0) is 12.3. The first kappa shape index (κ1) is 12.0. The Hall–Kier alpha value is -1.45. The summed E-state index contributed by atoms with van der Waals surface area (Å²) in [6.45, 7) is 1.98. The lowest BCUT2D eigenvalue weighted by Crippen LogP contribution is -2.13. The van der Waals surface area contributed by atoms with Gasteiger partial charge in [0.1, 0.15) is 10.7 Å². The SMILES string of the molecule is Cc1cccnc1C(=S)Nc1ccc(Cl)cc1. The zero-order valence-corrected chi connectivity index (χ0v) is 10.8. The highest BCUT2D eigenvalue weighted by Gasteiger charge is 2.05. The summed E-state index contributed by atoms with van der Waals surface area (Å²) >= 11 is 11.1. The summed E-state index contributed by atoms with van der Waals surface area (Å²) in [5.74, 6) is 0. The third-order valence-electron chi connectivity index (χ3n) is 2.33. The molecule has 17 heavy (non-hydrogen) atoms. The van der Waals surface area contributed by atoms with Crippen molar-refractivity contribution in [3.05, 3.63) is 58.9 Å². The molecule has 1 N–H and O–H groups in total. The van der Waals surface area contributed by atoms with E-state index in [1.165, 1.54) is 0 Å². The molecular formula is C13H11ClN2S. The van der Waals surface area contributed by atoms with Gasteiger partial charge in [-0.05, 0) is 42.8 Å².